The van der Waals surface area contributed by atoms with Gasteiger partial charge in [0.1, 0.15) is 0 Å². The van der Waals surface area contributed by atoms with Gasteiger partial charge in [0.25, 0.3) is 0 Å². The Labute approximate surface area is 89.5 Å². The quantitative estimate of drug-likeness (QED) is 0.608. The standard InChI is InChI=1S/C13H26O/c1-11(2,3)9-10-13(7,14-8)12(4,5)6/h9-10H,1-8H3. The highest BCUT2D eigenvalue weighted by atomic mass is 16.5. The zero-order valence-corrected chi connectivity index (χ0v) is 11.1. The van der Waals surface area contributed by atoms with Crippen LogP contribution in [0.4, 0.5) is 0 Å². The van der Waals surface area contributed by atoms with E-state index in [0.29, 0.717) is 0 Å². The Balaban J connectivity index is 4.83. The summed E-state index contributed by atoms with van der Waals surface area (Å²) in [6.07, 6.45) is 4.41. The highest BCUT2D eigenvalue weighted by Gasteiger charge is 2.35. The molecule has 1 atom stereocenters. The zero-order valence-electron chi connectivity index (χ0n) is 11.1. The normalized spacial score (nSPS) is 18.6. The van der Waals surface area contributed by atoms with Crippen LogP contribution in [0, 0.1) is 10.8 Å². The molecule has 0 rings (SSSR count). The Morgan fingerprint density at radius 3 is 1.43 bits per heavy atom. The monoisotopic (exact) mass is 198 g/mol. The zero-order chi connectivity index (χ0) is 11.6. The van der Waals surface area contributed by atoms with Gasteiger partial charge in [0.15, 0.2) is 0 Å². The van der Waals surface area contributed by atoms with E-state index in [9.17, 15) is 0 Å². The van der Waals surface area contributed by atoms with Gasteiger partial charge in [-0.05, 0) is 17.8 Å². The molecule has 0 heterocycles. The summed E-state index contributed by atoms with van der Waals surface area (Å²) in [5, 5.41) is 0. The average Bonchev–Trinajstić information content (AvgIpc) is 1.96. The van der Waals surface area contributed by atoms with E-state index in [2.05, 4.69) is 60.6 Å². The van der Waals surface area contributed by atoms with Crippen LogP contribution in [0.15, 0.2) is 12.2 Å². The van der Waals surface area contributed by atoms with Crippen LogP contribution >= 0.6 is 0 Å². The smallest absolute Gasteiger partial charge is 0.0878 e. The van der Waals surface area contributed by atoms with Gasteiger partial charge in [-0.15, -0.1) is 0 Å². The van der Waals surface area contributed by atoms with Crippen molar-refractivity contribution in [2.24, 2.45) is 10.8 Å². The van der Waals surface area contributed by atoms with Crippen molar-refractivity contribution in [2.75, 3.05) is 7.11 Å². The Morgan fingerprint density at radius 1 is 0.786 bits per heavy atom. The highest BCUT2D eigenvalue weighted by Crippen LogP contribution is 2.35. The van der Waals surface area contributed by atoms with E-state index in [4.69, 9.17) is 4.74 Å². The first kappa shape index (κ1) is 13.7. The molecule has 0 aliphatic heterocycles. The topological polar surface area (TPSA) is 9.23 Å². The fraction of sp³-hybridized carbons (Fsp3) is 0.846. The molecule has 0 radical (unpaired) electrons. The SMILES string of the molecule is COC(C)(C=CC(C)(C)C)C(C)(C)C. The molecule has 84 valence electrons. The van der Waals surface area contributed by atoms with Gasteiger partial charge >= 0.3 is 0 Å². The molecule has 0 amide bonds. The predicted octanol–water partition coefficient (Wildman–Crippen LogP) is 4.04. The van der Waals surface area contributed by atoms with E-state index in [0.717, 1.165) is 0 Å². The number of hydrogen-bond acceptors (Lipinski definition) is 1. The van der Waals surface area contributed by atoms with Crippen LogP contribution in [0.3, 0.4) is 0 Å². The molecule has 1 unspecified atom stereocenters. The Bertz CT molecular complexity index is 202. The summed E-state index contributed by atoms with van der Waals surface area (Å²) in [5.41, 5.74) is 0.134. The third-order valence-corrected chi connectivity index (χ3v) is 2.81. The minimum atomic E-state index is -0.194. The lowest BCUT2D eigenvalue weighted by Crippen LogP contribution is -2.40. The van der Waals surface area contributed by atoms with Crippen LogP contribution in [0.2, 0.25) is 0 Å². The highest BCUT2D eigenvalue weighted by molar-refractivity contribution is 5.08. The number of ether oxygens (including phenoxy) is 1. The second-order valence-electron chi connectivity index (χ2n) is 6.26. The number of methoxy groups -OCH3 is 1. The van der Waals surface area contributed by atoms with E-state index in [1.54, 1.807) is 7.11 Å². The number of allylic oxidation sites excluding steroid dienone is 1. The van der Waals surface area contributed by atoms with Crippen molar-refractivity contribution in [1.82, 2.24) is 0 Å². The van der Waals surface area contributed by atoms with Crippen molar-refractivity contribution in [2.45, 2.75) is 54.1 Å². The van der Waals surface area contributed by atoms with Gasteiger partial charge in [0.05, 0.1) is 5.60 Å². The van der Waals surface area contributed by atoms with Gasteiger partial charge < -0.3 is 4.74 Å². The Morgan fingerprint density at radius 2 is 1.21 bits per heavy atom. The van der Waals surface area contributed by atoms with E-state index in [-0.39, 0.29) is 16.4 Å². The first-order chi connectivity index (χ1) is 6.02. The van der Waals surface area contributed by atoms with E-state index in [1.807, 2.05) is 0 Å². The molecule has 0 fully saturated rings. The van der Waals surface area contributed by atoms with Crippen LogP contribution < -0.4 is 0 Å². The molecule has 0 aliphatic carbocycles. The summed E-state index contributed by atoms with van der Waals surface area (Å²) in [6, 6.07) is 0. The minimum absolute atomic E-state index is 0.115. The third-order valence-electron chi connectivity index (χ3n) is 2.81. The second-order valence-corrected chi connectivity index (χ2v) is 6.26. The molecule has 0 saturated heterocycles. The molecular formula is C13H26O. The van der Waals surface area contributed by atoms with Crippen molar-refractivity contribution in [1.29, 1.82) is 0 Å². The van der Waals surface area contributed by atoms with Crippen LogP contribution in [0.1, 0.15) is 48.5 Å². The molecule has 0 spiro atoms. The maximum absolute atomic E-state index is 5.61. The molecule has 1 heteroatoms. The van der Waals surface area contributed by atoms with E-state index in [1.165, 1.54) is 0 Å². The van der Waals surface area contributed by atoms with Crippen LogP contribution in [0.5, 0.6) is 0 Å². The molecular weight excluding hydrogens is 172 g/mol. The second kappa shape index (κ2) is 4.06. The molecule has 0 N–H and O–H groups in total. The van der Waals surface area contributed by atoms with Crippen LogP contribution in [0.25, 0.3) is 0 Å². The van der Waals surface area contributed by atoms with E-state index >= 15 is 0 Å². The molecule has 0 bridgehead atoms. The summed E-state index contributed by atoms with van der Waals surface area (Å²) in [7, 11) is 1.78. The Hall–Kier alpha value is -0.300. The van der Waals surface area contributed by atoms with Gasteiger partial charge in [-0.1, -0.05) is 53.7 Å². The number of rotatable bonds is 2. The van der Waals surface area contributed by atoms with Crippen molar-refractivity contribution < 1.29 is 4.74 Å². The molecule has 0 saturated carbocycles. The molecule has 1 nitrogen and oxygen atoms in total. The predicted molar refractivity (Wildman–Crippen MR) is 63.5 cm³/mol. The molecule has 0 aromatic carbocycles. The maximum Gasteiger partial charge on any atom is 0.0878 e. The first-order valence-electron chi connectivity index (χ1n) is 5.27. The van der Waals surface area contributed by atoms with Crippen LogP contribution in [-0.2, 0) is 4.74 Å². The van der Waals surface area contributed by atoms with Crippen molar-refractivity contribution in [3.8, 4) is 0 Å². The summed E-state index contributed by atoms with van der Waals surface area (Å²) in [4.78, 5) is 0. The summed E-state index contributed by atoms with van der Waals surface area (Å²) >= 11 is 0. The van der Waals surface area contributed by atoms with Gasteiger partial charge in [0, 0.05) is 7.11 Å². The largest absolute Gasteiger partial charge is 0.374 e. The van der Waals surface area contributed by atoms with Gasteiger partial charge in [-0.2, -0.15) is 0 Å². The van der Waals surface area contributed by atoms with Crippen molar-refractivity contribution >= 4 is 0 Å². The molecule has 14 heavy (non-hydrogen) atoms. The van der Waals surface area contributed by atoms with Gasteiger partial charge in [-0.3, -0.25) is 0 Å². The first-order valence-corrected chi connectivity index (χ1v) is 5.27. The summed E-state index contributed by atoms with van der Waals surface area (Å²) in [5.74, 6) is 0. The van der Waals surface area contributed by atoms with Crippen molar-refractivity contribution in [3.05, 3.63) is 12.2 Å². The maximum atomic E-state index is 5.61. The lowest BCUT2D eigenvalue weighted by Gasteiger charge is -2.38. The van der Waals surface area contributed by atoms with Crippen molar-refractivity contribution in [3.63, 3.8) is 0 Å². The fourth-order valence-electron chi connectivity index (χ4n) is 1.03. The lowest BCUT2D eigenvalue weighted by molar-refractivity contribution is -0.0379. The van der Waals surface area contributed by atoms with E-state index < -0.39 is 0 Å². The fourth-order valence-corrected chi connectivity index (χ4v) is 1.03. The van der Waals surface area contributed by atoms with Crippen LogP contribution in [-0.4, -0.2) is 12.7 Å². The molecule has 0 aromatic heterocycles. The lowest BCUT2D eigenvalue weighted by atomic mass is 9.76. The Kier molecular flexibility index (Phi) is 3.97. The summed E-state index contributed by atoms with van der Waals surface area (Å²) in [6.45, 7) is 15.3. The number of hydrogen-bond donors (Lipinski definition) is 0. The third kappa shape index (κ3) is 3.83. The minimum Gasteiger partial charge on any atom is -0.374 e. The summed E-state index contributed by atoms with van der Waals surface area (Å²) < 4.78 is 5.61. The molecule has 0 aliphatic rings. The van der Waals surface area contributed by atoms with Gasteiger partial charge in [0.2, 0.25) is 0 Å². The molecule has 0 aromatic rings. The average molecular weight is 198 g/mol. The van der Waals surface area contributed by atoms with Gasteiger partial charge in [-0.25, -0.2) is 0 Å².